The minimum atomic E-state index is -0.372. The van der Waals surface area contributed by atoms with Crippen LogP contribution in [0.3, 0.4) is 0 Å². The van der Waals surface area contributed by atoms with Crippen LogP contribution in [-0.4, -0.2) is 23.0 Å². The Morgan fingerprint density at radius 1 is 1.54 bits per heavy atom. The molecule has 0 unspecified atom stereocenters. The van der Waals surface area contributed by atoms with E-state index in [2.05, 4.69) is 14.7 Å². The SMILES string of the molecule is COC(=O)c1cnc2ncsc2c1. The van der Waals surface area contributed by atoms with Gasteiger partial charge >= 0.3 is 5.97 Å². The van der Waals surface area contributed by atoms with Crippen LogP contribution >= 0.6 is 11.3 Å². The molecule has 0 bridgehead atoms. The topological polar surface area (TPSA) is 52.1 Å². The van der Waals surface area contributed by atoms with Crippen LogP contribution < -0.4 is 0 Å². The first kappa shape index (κ1) is 8.12. The maximum Gasteiger partial charge on any atom is 0.339 e. The van der Waals surface area contributed by atoms with Crippen LogP contribution in [0.2, 0.25) is 0 Å². The monoisotopic (exact) mass is 194 g/mol. The molecule has 5 heteroatoms. The lowest BCUT2D eigenvalue weighted by Crippen LogP contribution is -2.01. The predicted octanol–water partition coefficient (Wildman–Crippen LogP) is 1.48. The zero-order valence-corrected chi connectivity index (χ0v) is 7.67. The fraction of sp³-hybridized carbons (Fsp3) is 0.125. The number of hydrogen-bond acceptors (Lipinski definition) is 5. The summed E-state index contributed by atoms with van der Waals surface area (Å²) < 4.78 is 5.46. The van der Waals surface area contributed by atoms with Gasteiger partial charge in [-0.05, 0) is 6.07 Å². The van der Waals surface area contributed by atoms with Crippen LogP contribution in [0.4, 0.5) is 0 Å². The van der Waals surface area contributed by atoms with Gasteiger partial charge in [0.25, 0.3) is 0 Å². The summed E-state index contributed by atoms with van der Waals surface area (Å²) in [6.07, 6.45) is 1.47. The fourth-order valence-electron chi connectivity index (χ4n) is 0.984. The molecule has 0 radical (unpaired) electrons. The zero-order valence-electron chi connectivity index (χ0n) is 6.85. The lowest BCUT2D eigenvalue weighted by Gasteiger charge is -1.96. The molecule has 0 N–H and O–H groups in total. The van der Waals surface area contributed by atoms with Crippen molar-refractivity contribution in [3.05, 3.63) is 23.3 Å². The largest absolute Gasteiger partial charge is 0.465 e. The van der Waals surface area contributed by atoms with E-state index in [1.54, 1.807) is 11.6 Å². The predicted molar refractivity (Wildman–Crippen MR) is 48.8 cm³/mol. The number of methoxy groups -OCH3 is 1. The number of thiazole rings is 1. The quantitative estimate of drug-likeness (QED) is 0.645. The van der Waals surface area contributed by atoms with Gasteiger partial charge in [0.05, 0.1) is 22.9 Å². The van der Waals surface area contributed by atoms with E-state index >= 15 is 0 Å². The van der Waals surface area contributed by atoms with E-state index in [1.165, 1.54) is 24.6 Å². The van der Waals surface area contributed by atoms with Gasteiger partial charge in [-0.2, -0.15) is 0 Å². The van der Waals surface area contributed by atoms with Gasteiger partial charge < -0.3 is 4.74 Å². The Bertz CT molecular complexity index is 452. The number of carbonyl (C=O) groups excluding carboxylic acids is 1. The molecule has 0 aliphatic rings. The highest BCUT2D eigenvalue weighted by atomic mass is 32.1. The Kier molecular flexibility index (Phi) is 1.94. The number of aromatic nitrogens is 2. The van der Waals surface area contributed by atoms with Crippen LogP contribution in [-0.2, 0) is 4.74 Å². The van der Waals surface area contributed by atoms with Crippen LogP contribution in [0.15, 0.2) is 17.8 Å². The lowest BCUT2D eigenvalue weighted by molar-refractivity contribution is 0.0600. The number of pyridine rings is 1. The Morgan fingerprint density at radius 3 is 3.15 bits per heavy atom. The van der Waals surface area contributed by atoms with Gasteiger partial charge in [-0.1, -0.05) is 0 Å². The van der Waals surface area contributed by atoms with Gasteiger partial charge in [0.1, 0.15) is 0 Å². The maximum absolute atomic E-state index is 11.1. The number of carbonyl (C=O) groups is 1. The third-order valence-electron chi connectivity index (χ3n) is 1.61. The van der Waals surface area contributed by atoms with E-state index in [9.17, 15) is 4.79 Å². The first-order valence-electron chi connectivity index (χ1n) is 3.59. The Morgan fingerprint density at radius 2 is 2.38 bits per heavy atom. The molecule has 0 aromatic carbocycles. The van der Waals surface area contributed by atoms with Crippen molar-refractivity contribution < 1.29 is 9.53 Å². The average molecular weight is 194 g/mol. The molecule has 0 atom stereocenters. The zero-order chi connectivity index (χ0) is 9.26. The number of ether oxygens (including phenoxy) is 1. The van der Waals surface area contributed by atoms with E-state index in [1.807, 2.05) is 0 Å². The van der Waals surface area contributed by atoms with Gasteiger partial charge in [0, 0.05) is 6.20 Å². The van der Waals surface area contributed by atoms with Crippen LogP contribution in [0, 0.1) is 0 Å². The normalized spacial score (nSPS) is 10.2. The van der Waals surface area contributed by atoms with Crippen molar-refractivity contribution in [2.24, 2.45) is 0 Å². The Labute approximate surface area is 78.2 Å². The van der Waals surface area contributed by atoms with Crippen molar-refractivity contribution in [2.75, 3.05) is 7.11 Å². The molecule has 0 amide bonds. The van der Waals surface area contributed by atoms with Gasteiger partial charge in [0.2, 0.25) is 0 Å². The minimum Gasteiger partial charge on any atom is -0.465 e. The number of nitrogens with zero attached hydrogens (tertiary/aromatic N) is 2. The number of esters is 1. The summed E-state index contributed by atoms with van der Waals surface area (Å²) in [6, 6.07) is 1.73. The molecule has 2 aromatic rings. The Balaban J connectivity index is 2.54. The van der Waals surface area contributed by atoms with Gasteiger partial charge in [0.15, 0.2) is 5.65 Å². The molecule has 66 valence electrons. The molecule has 2 aromatic heterocycles. The summed E-state index contributed by atoms with van der Waals surface area (Å²) >= 11 is 1.45. The fourth-order valence-corrected chi connectivity index (χ4v) is 1.66. The molecule has 0 saturated carbocycles. The first-order valence-corrected chi connectivity index (χ1v) is 4.47. The van der Waals surface area contributed by atoms with Crippen molar-refractivity contribution >= 4 is 27.7 Å². The summed E-state index contributed by atoms with van der Waals surface area (Å²) in [7, 11) is 1.35. The van der Waals surface area contributed by atoms with E-state index < -0.39 is 0 Å². The maximum atomic E-state index is 11.1. The molecule has 2 heterocycles. The van der Waals surface area contributed by atoms with Gasteiger partial charge in [-0.15, -0.1) is 11.3 Å². The van der Waals surface area contributed by atoms with E-state index in [0.717, 1.165) is 4.70 Å². The van der Waals surface area contributed by atoms with Crippen LogP contribution in [0.1, 0.15) is 10.4 Å². The molecule has 2 rings (SSSR count). The van der Waals surface area contributed by atoms with Crippen molar-refractivity contribution in [1.29, 1.82) is 0 Å². The molecule has 13 heavy (non-hydrogen) atoms. The highest BCUT2D eigenvalue weighted by molar-refractivity contribution is 7.16. The second-order valence-electron chi connectivity index (χ2n) is 2.39. The molecular formula is C8H6N2O2S. The van der Waals surface area contributed by atoms with Crippen LogP contribution in [0.25, 0.3) is 10.3 Å². The summed E-state index contributed by atoms with van der Waals surface area (Å²) in [5, 5.41) is 0. The minimum absolute atomic E-state index is 0.372. The van der Waals surface area contributed by atoms with Crippen molar-refractivity contribution in [3.8, 4) is 0 Å². The number of rotatable bonds is 1. The summed E-state index contributed by atoms with van der Waals surface area (Å²) in [4.78, 5) is 19.1. The van der Waals surface area contributed by atoms with E-state index in [4.69, 9.17) is 0 Å². The van der Waals surface area contributed by atoms with Crippen molar-refractivity contribution in [2.45, 2.75) is 0 Å². The second-order valence-corrected chi connectivity index (χ2v) is 3.28. The Hall–Kier alpha value is -1.49. The molecular weight excluding hydrogens is 188 g/mol. The molecule has 0 fully saturated rings. The van der Waals surface area contributed by atoms with Gasteiger partial charge in [-0.3, -0.25) is 0 Å². The highest BCUT2D eigenvalue weighted by Gasteiger charge is 2.07. The van der Waals surface area contributed by atoms with E-state index in [0.29, 0.717) is 11.2 Å². The van der Waals surface area contributed by atoms with Crippen molar-refractivity contribution in [3.63, 3.8) is 0 Å². The molecule has 0 spiro atoms. The summed E-state index contributed by atoms with van der Waals surface area (Å²) in [5.41, 5.74) is 2.82. The average Bonchev–Trinajstić information content (AvgIpc) is 2.63. The first-order chi connectivity index (χ1) is 6.31. The molecule has 4 nitrogen and oxygen atoms in total. The molecule has 0 saturated heterocycles. The number of fused-ring (bicyclic) bond motifs is 1. The third-order valence-corrected chi connectivity index (χ3v) is 2.37. The van der Waals surface area contributed by atoms with E-state index in [-0.39, 0.29) is 5.97 Å². The standard InChI is InChI=1S/C8H6N2O2S/c1-12-8(11)5-2-6-7(9-3-5)10-4-13-6/h2-4H,1H3. The lowest BCUT2D eigenvalue weighted by atomic mass is 10.3. The smallest absolute Gasteiger partial charge is 0.339 e. The second kappa shape index (κ2) is 3.10. The summed E-state index contributed by atoms with van der Waals surface area (Å²) in [5.74, 6) is -0.372. The van der Waals surface area contributed by atoms with Gasteiger partial charge in [-0.25, -0.2) is 14.8 Å². The van der Waals surface area contributed by atoms with Crippen LogP contribution in [0.5, 0.6) is 0 Å². The molecule has 0 aliphatic heterocycles. The number of hydrogen-bond donors (Lipinski definition) is 0. The molecule has 0 aliphatic carbocycles. The highest BCUT2D eigenvalue weighted by Crippen LogP contribution is 2.16. The van der Waals surface area contributed by atoms with Crippen molar-refractivity contribution in [1.82, 2.24) is 9.97 Å². The third kappa shape index (κ3) is 1.38. The summed E-state index contributed by atoms with van der Waals surface area (Å²) in [6.45, 7) is 0.